The predicted molar refractivity (Wildman–Crippen MR) is 48.4 cm³/mol. The van der Waals surface area contributed by atoms with Gasteiger partial charge in [0, 0.05) is 5.56 Å². The van der Waals surface area contributed by atoms with Crippen LogP contribution >= 0.6 is 0 Å². The van der Waals surface area contributed by atoms with Crippen LogP contribution < -0.4 is 5.19 Å². The highest BCUT2D eigenvalue weighted by molar-refractivity contribution is 6.52. The molecule has 1 aromatic rings. The van der Waals surface area contributed by atoms with Gasteiger partial charge in [-0.2, -0.15) is 0 Å². The molecule has 0 spiro atoms. The number of terminal acetylenes is 1. The van der Waals surface area contributed by atoms with Gasteiger partial charge in [-0.15, -0.1) is 6.42 Å². The topological polar surface area (TPSA) is 0 Å². The van der Waals surface area contributed by atoms with Crippen molar-refractivity contribution in [1.29, 1.82) is 0 Å². The van der Waals surface area contributed by atoms with E-state index in [0.717, 1.165) is 5.56 Å². The van der Waals surface area contributed by atoms with Crippen molar-refractivity contribution in [2.45, 2.75) is 6.55 Å². The van der Waals surface area contributed by atoms with Crippen LogP contribution in [0.3, 0.4) is 0 Å². The van der Waals surface area contributed by atoms with E-state index in [1.807, 2.05) is 18.2 Å². The van der Waals surface area contributed by atoms with Gasteiger partial charge < -0.3 is 0 Å². The Bertz CT molecular complexity index is 258. The summed E-state index contributed by atoms with van der Waals surface area (Å²) >= 11 is 0. The molecular weight excluding hydrogens is 136 g/mol. The summed E-state index contributed by atoms with van der Waals surface area (Å²) < 4.78 is 0. The van der Waals surface area contributed by atoms with Gasteiger partial charge in [-0.3, -0.25) is 0 Å². The Morgan fingerprint density at radius 2 is 2.10 bits per heavy atom. The van der Waals surface area contributed by atoms with Gasteiger partial charge in [0.05, 0.1) is 9.52 Å². The zero-order chi connectivity index (χ0) is 7.40. The first-order valence-electron chi connectivity index (χ1n) is 3.43. The van der Waals surface area contributed by atoms with Crippen molar-refractivity contribution in [3.8, 4) is 12.3 Å². The lowest BCUT2D eigenvalue weighted by molar-refractivity contribution is 1.70. The molecule has 0 bridgehead atoms. The molecule has 0 saturated carbocycles. The van der Waals surface area contributed by atoms with E-state index in [0.29, 0.717) is 0 Å². The molecule has 0 fully saturated rings. The average Bonchev–Trinajstić information content (AvgIpc) is 2.04. The van der Waals surface area contributed by atoms with Crippen molar-refractivity contribution < 1.29 is 0 Å². The van der Waals surface area contributed by atoms with Crippen LogP contribution in [-0.2, 0) is 0 Å². The molecule has 0 N–H and O–H groups in total. The largest absolute Gasteiger partial charge is 0.115 e. The van der Waals surface area contributed by atoms with Crippen LogP contribution in [0.1, 0.15) is 5.56 Å². The predicted octanol–water partition coefficient (Wildman–Crippen LogP) is 0.510. The van der Waals surface area contributed by atoms with Crippen LogP contribution in [0.4, 0.5) is 0 Å². The minimum atomic E-state index is -0.0911. The molecule has 0 heterocycles. The van der Waals surface area contributed by atoms with E-state index in [1.165, 1.54) is 5.19 Å². The molecule has 1 aromatic carbocycles. The molecule has 0 aliphatic carbocycles. The first-order valence-corrected chi connectivity index (χ1v) is 5.55. The lowest BCUT2D eigenvalue weighted by Crippen LogP contribution is -2.13. The van der Waals surface area contributed by atoms with E-state index in [4.69, 9.17) is 6.42 Å². The average molecular weight is 146 g/mol. The van der Waals surface area contributed by atoms with Crippen LogP contribution in [-0.4, -0.2) is 9.52 Å². The Balaban J connectivity index is 3.12. The smallest absolute Gasteiger partial charge is 0.0533 e. The van der Waals surface area contributed by atoms with E-state index in [-0.39, 0.29) is 9.52 Å². The number of hydrogen-bond donors (Lipinski definition) is 0. The van der Waals surface area contributed by atoms with Gasteiger partial charge >= 0.3 is 0 Å². The molecule has 0 atom stereocenters. The molecule has 0 saturated heterocycles. The molecule has 50 valence electrons. The van der Waals surface area contributed by atoms with Gasteiger partial charge in [-0.05, 0) is 6.07 Å². The molecule has 0 unspecified atom stereocenters. The number of rotatable bonds is 1. The van der Waals surface area contributed by atoms with Gasteiger partial charge in [0.1, 0.15) is 0 Å². The first kappa shape index (κ1) is 7.11. The zero-order valence-corrected chi connectivity index (χ0v) is 7.51. The minimum absolute atomic E-state index is 0.0911. The van der Waals surface area contributed by atoms with E-state index in [9.17, 15) is 0 Å². The SMILES string of the molecule is C#Cc1ccccc1[SiH2]C. The Morgan fingerprint density at radius 1 is 1.40 bits per heavy atom. The molecule has 0 aliphatic rings. The normalized spacial score (nSPS) is 10.0. The summed E-state index contributed by atoms with van der Waals surface area (Å²) in [5.74, 6) is 2.68. The maximum atomic E-state index is 5.30. The summed E-state index contributed by atoms with van der Waals surface area (Å²) in [4.78, 5) is 0. The fourth-order valence-corrected chi connectivity index (χ4v) is 1.94. The third-order valence-corrected chi connectivity index (χ3v) is 2.93. The van der Waals surface area contributed by atoms with E-state index in [1.54, 1.807) is 0 Å². The first-order chi connectivity index (χ1) is 4.88. The fraction of sp³-hybridized carbons (Fsp3) is 0.111. The molecule has 0 amide bonds. The Kier molecular flexibility index (Phi) is 2.30. The maximum absolute atomic E-state index is 5.30. The molecule has 1 rings (SSSR count). The molecule has 10 heavy (non-hydrogen) atoms. The minimum Gasteiger partial charge on any atom is -0.115 e. The lowest BCUT2D eigenvalue weighted by atomic mass is 10.2. The van der Waals surface area contributed by atoms with Crippen molar-refractivity contribution >= 4 is 14.7 Å². The third kappa shape index (κ3) is 1.28. The van der Waals surface area contributed by atoms with Crippen LogP contribution in [0.15, 0.2) is 24.3 Å². The highest BCUT2D eigenvalue weighted by Crippen LogP contribution is 1.91. The van der Waals surface area contributed by atoms with Gasteiger partial charge in [0.25, 0.3) is 0 Å². The van der Waals surface area contributed by atoms with Crippen molar-refractivity contribution in [3.05, 3.63) is 29.8 Å². The van der Waals surface area contributed by atoms with Crippen molar-refractivity contribution in [1.82, 2.24) is 0 Å². The second-order valence-electron chi connectivity index (χ2n) is 2.16. The van der Waals surface area contributed by atoms with E-state index in [2.05, 4.69) is 18.5 Å². The summed E-state index contributed by atoms with van der Waals surface area (Å²) in [7, 11) is -0.0911. The van der Waals surface area contributed by atoms with Gasteiger partial charge in [-0.1, -0.05) is 35.9 Å². The maximum Gasteiger partial charge on any atom is 0.0533 e. The van der Waals surface area contributed by atoms with E-state index < -0.39 is 0 Å². The van der Waals surface area contributed by atoms with Crippen LogP contribution in [0, 0.1) is 12.3 Å². The van der Waals surface area contributed by atoms with Gasteiger partial charge in [0.15, 0.2) is 0 Å². The second-order valence-corrected chi connectivity index (χ2v) is 3.62. The Labute approximate surface area is 64.1 Å². The fourth-order valence-electron chi connectivity index (χ4n) is 0.969. The summed E-state index contributed by atoms with van der Waals surface area (Å²) in [6.07, 6.45) is 5.30. The van der Waals surface area contributed by atoms with Crippen molar-refractivity contribution in [3.63, 3.8) is 0 Å². The summed E-state index contributed by atoms with van der Waals surface area (Å²) in [6.45, 7) is 2.25. The summed E-state index contributed by atoms with van der Waals surface area (Å²) in [6, 6.07) is 8.17. The third-order valence-electron chi connectivity index (χ3n) is 1.55. The van der Waals surface area contributed by atoms with Crippen molar-refractivity contribution in [2.75, 3.05) is 0 Å². The van der Waals surface area contributed by atoms with Crippen LogP contribution in [0.5, 0.6) is 0 Å². The molecule has 0 aliphatic heterocycles. The second kappa shape index (κ2) is 3.24. The number of hydrogen-bond acceptors (Lipinski definition) is 0. The van der Waals surface area contributed by atoms with Crippen LogP contribution in [0.25, 0.3) is 0 Å². The summed E-state index contributed by atoms with van der Waals surface area (Å²) in [5, 5.41) is 1.39. The molecule has 1 heteroatoms. The van der Waals surface area contributed by atoms with Crippen LogP contribution in [0.2, 0.25) is 6.55 Å². The molecule has 0 nitrogen and oxygen atoms in total. The van der Waals surface area contributed by atoms with E-state index >= 15 is 0 Å². The standard InChI is InChI=1S/C9H10Si/c1-3-8-6-4-5-7-9(8)10-2/h1,4-7H,10H2,2H3. The monoisotopic (exact) mass is 146 g/mol. The number of benzene rings is 1. The van der Waals surface area contributed by atoms with Gasteiger partial charge in [0.2, 0.25) is 0 Å². The highest BCUT2D eigenvalue weighted by Gasteiger charge is 1.92. The lowest BCUT2D eigenvalue weighted by Gasteiger charge is -1.97. The Hall–Kier alpha value is -1.00. The Morgan fingerprint density at radius 3 is 2.60 bits per heavy atom. The summed E-state index contributed by atoms with van der Waals surface area (Å²) in [5.41, 5.74) is 1.08. The van der Waals surface area contributed by atoms with Gasteiger partial charge in [-0.25, -0.2) is 0 Å². The van der Waals surface area contributed by atoms with Crippen molar-refractivity contribution in [2.24, 2.45) is 0 Å². The molecule has 0 aromatic heterocycles. The molecule has 0 radical (unpaired) electrons. The quantitative estimate of drug-likeness (QED) is 0.400. The highest BCUT2D eigenvalue weighted by atomic mass is 28.2. The molecular formula is C9H10Si. The zero-order valence-electron chi connectivity index (χ0n) is 6.09.